The molecule has 1 aliphatic heterocycles. The third-order valence-electron chi connectivity index (χ3n) is 3.31. The zero-order chi connectivity index (χ0) is 13.1. The van der Waals surface area contributed by atoms with Crippen LogP contribution >= 0.6 is 27.3 Å². The van der Waals surface area contributed by atoms with Crippen molar-refractivity contribution in [2.24, 2.45) is 5.92 Å². The first-order valence-corrected chi connectivity index (χ1v) is 7.86. The second-order valence-corrected chi connectivity index (χ2v) is 7.56. The van der Waals surface area contributed by atoms with Crippen LogP contribution in [0.2, 0.25) is 0 Å². The number of carbonyl (C=O) groups is 1. The molecule has 0 radical (unpaired) electrons. The maximum Gasteiger partial charge on any atom is 0.263 e. The first-order valence-electron chi connectivity index (χ1n) is 6.25. The molecule has 2 rings (SSSR count). The van der Waals surface area contributed by atoms with Crippen molar-refractivity contribution in [3.05, 3.63) is 20.8 Å². The predicted molar refractivity (Wildman–Crippen MR) is 79.2 cm³/mol. The fraction of sp³-hybridized carbons (Fsp3) is 0.615. The van der Waals surface area contributed by atoms with Gasteiger partial charge in [-0.1, -0.05) is 0 Å². The molecule has 1 aromatic rings. The van der Waals surface area contributed by atoms with Gasteiger partial charge in [-0.3, -0.25) is 4.79 Å². The molecule has 0 unspecified atom stereocenters. The van der Waals surface area contributed by atoms with Crippen molar-refractivity contribution in [2.45, 2.75) is 12.8 Å². The molecule has 1 aliphatic rings. The van der Waals surface area contributed by atoms with Crippen molar-refractivity contribution in [3.63, 3.8) is 0 Å². The fourth-order valence-electron chi connectivity index (χ4n) is 2.42. The summed E-state index contributed by atoms with van der Waals surface area (Å²) in [4.78, 5) is 17.3. The molecule has 0 spiro atoms. The summed E-state index contributed by atoms with van der Waals surface area (Å²) in [5.74, 6) is 0.924. The Hall–Kier alpha value is -0.390. The second-order valence-electron chi connectivity index (χ2n) is 5.10. The monoisotopic (exact) mass is 330 g/mol. The molecule has 0 N–H and O–H groups in total. The number of nitrogens with zero attached hydrogens (tertiary/aromatic N) is 2. The van der Waals surface area contributed by atoms with Crippen molar-refractivity contribution in [3.8, 4) is 0 Å². The molecule has 3 nitrogen and oxygen atoms in total. The van der Waals surface area contributed by atoms with Crippen LogP contribution in [0.3, 0.4) is 0 Å². The summed E-state index contributed by atoms with van der Waals surface area (Å²) in [6.07, 6.45) is 2.24. The van der Waals surface area contributed by atoms with Gasteiger partial charge in [0.2, 0.25) is 0 Å². The quantitative estimate of drug-likeness (QED) is 0.850. The molecular weight excluding hydrogens is 312 g/mol. The van der Waals surface area contributed by atoms with Crippen molar-refractivity contribution >= 4 is 33.2 Å². The maximum absolute atomic E-state index is 12.2. The van der Waals surface area contributed by atoms with E-state index in [9.17, 15) is 4.79 Å². The number of halogens is 1. The summed E-state index contributed by atoms with van der Waals surface area (Å²) < 4.78 is 1.02. The molecule has 1 fully saturated rings. The molecule has 2 heterocycles. The van der Waals surface area contributed by atoms with Crippen LogP contribution in [0.15, 0.2) is 15.9 Å². The van der Waals surface area contributed by atoms with Crippen LogP contribution in [0.4, 0.5) is 0 Å². The van der Waals surface area contributed by atoms with Crippen molar-refractivity contribution in [1.29, 1.82) is 0 Å². The number of carbonyl (C=O) groups excluding carboxylic acids is 1. The van der Waals surface area contributed by atoms with Crippen LogP contribution in [0, 0.1) is 5.92 Å². The van der Waals surface area contributed by atoms with Gasteiger partial charge < -0.3 is 9.80 Å². The van der Waals surface area contributed by atoms with Gasteiger partial charge in [0.1, 0.15) is 0 Å². The highest BCUT2D eigenvalue weighted by atomic mass is 79.9. The van der Waals surface area contributed by atoms with E-state index in [1.165, 1.54) is 11.3 Å². The van der Waals surface area contributed by atoms with Crippen LogP contribution in [0.1, 0.15) is 22.5 Å². The summed E-state index contributed by atoms with van der Waals surface area (Å²) >= 11 is 4.92. The first kappa shape index (κ1) is 14.0. The smallest absolute Gasteiger partial charge is 0.263 e. The van der Waals surface area contributed by atoms with Gasteiger partial charge in [0.15, 0.2) is 0 Å². The molecule has 1 amide bonds. The Kier molecular flexibility index (Phi) is 4.81. The lowest BCUT2D eigenvalue weighted by Gasteiger charge is -2.33. The molecule has 18 heavy (non-hydrogen) atoms. The Morgan fingerprint density at radius 1 is 1.44 bits per heavy atom. The lowest BCUT2D eigenvalue weighted by atomic mass is 9.96. The van der Waals surface area contributed by atoms with Crippen LogP contribution in [-0.2, 0) is 0 Å². The number of amides is 1. The lowest BCUT2D eigenvalue weighted by Crippen LogP contribution is -2.40. The van der Waals surface area contributed by atoms with Gasteiger partial charge >= 0.3 is 0 Å². The average molecular weight is 331 g/mol. The van der Waals surface area contributed by atoms with Crippen LogP contribution < -0.4 is 0 Å². The van der Waals surface area contributed by atoms with Gasteiger partial charge in [-0.15, -0.1) is 11.3 Å². The van der Waals surface area contributed by atoms with E-state index < -0.39 is 0 Å². The van der Waals surface area contributed by atoms with E-state index in [0.717, 1.165) is 47.1 Å². The van der Waals surface area contributed by atoms with E-state index >= 15 is 0 Å². The maximum atomic E-state index is 12.2. The Labute approximate surface area is 121 Å². The van der Waals surface area contributed by atoms with Crippen molar-refractivity contribution < 1.29 is 4.79 Å². The summed E-state index contributed by atoms with van der Waals surface area (Å²) in [5, 5.41) is 0. The van der Waals surface area contributed by atoms with E-state index in [0.29, 0.717) is 0 Å². The molecule has 0 aliphatic carbocycles. The van der Waals surface area contributed by atoms with E-state index in [1.54, 1.807) is 0 Å². The third-order valence-corrected chi connectivity index (χ3v) is 4.92. The topological polar surface area (TPSA) is 23.6 Å². The van der Waals surface area contributed by atoms with Gasteiger partial charge in [-0.25, -0.2) is 0 Å². The van der Waals surface area contributed by atoms with Crippen LogP contribution in [0.25, 0.3) is 0 Å². The molecule has 0 saturated carbocycles. The molecular formula is C13H19BrN2OS. The summed E-state index contributed by atoms with van der Waals surface area (Å²) in [5.41, 5.74) is 0. The van der Waals surface area contributed by atoms with Crippen molar-refractivity contribution in [1.82, 2.24) is 9.80 Å². The molecule has 0 bridgehead atoms. The standard InChI is InChI=1S/C13H19BrN2OS/c1-15(2)9-10-5-7-16(8-6-10)13(17)11-3-4-12(14)18-11/h3-4,10H,5-9H2,1-2H3. The zero-order valence-corrected chi connectivity index (χ0v) is 13.3. The predicted octanol–water partition coefficient (Wildman–Crippen LogP) is 2.92. The summed E-state index contributed by atoms with van der Waals surface area (Å²) in [6.45, 7) is 2.92. The minimum Gasteiger partial charge on any atom is -0.338 e. The van der Waals surface area contributed by atoms with Gasteiger partial charge in [0.25, 0.3) is 5.91 Å². The number of thiophene rings is 1. The second kappa shape index (κ2) is 6.17. The minimum atomic E-state index is 0.189. The first-order chi connectivity index (χ1) is 8.56. The number of likely N-dealkylation sites (tertiary alicyclic amines) is 1. The van der Waals surface area contributed by atoms with E-state index in [1.807, 2.05) is 17.0 Å². The summed E-state index contributed by atoms with van der Waals surface area (Å²) in [6, 6.07) is 3.85. The number of rotatable bonds is 3. The van der Waals surface area contributed by atoms with Gasteiger partial charge in [0, 0.05) is 19.6 Å². The highest BCUT2D eigenvalue weighted by Crippen LogP contribution is 2.25. The molecule has 1 saturated heterocycles. The average Bonchev–Trinajstić information content (AvgIpc) is 2.75. The number of piperidine rings is 1. The van der Waals surface area contributed by atoms with Gasteiger partial charge in [-0.2, -0.15) is 0 Å². The molecule has 100 valence electrons. The lowest BCUT2D eigenvalue weighted by molar-refractivity contribution is 0.0683. The highest BCUT2D eigenvalue weighted by molar-refractivity contribution is 9.11. The van der Waals surface area contributed by atoms with Gasteiger partial charge in [0.05, 0.1) is 8.66 Å². The van der Waals surface area contributed by atoms with Crippen LogP contribution in [0.5, 0.6) is 0 Å². The highest BCUT2D eigenvalue weighted by Gasteiger charge is 2.24. The van der Waals surface area contributed by atoms with Crippen LogP contribution in [-0.4, -0.2) is 49.4 Å². The molecule has 1 aromatic heterocycles. The van der Waals surface area contributed by atoms with E-state index in [-0.39, 0.29) is 5.91 Å². The van der Waals surface area contributed by atoms with Crippen molar-refractivity contribution in [2.75, 3.05) is 33.7 Å². The summed E-state index contributed by atoms with van der Waals surface area (Å²) in [7, 11) is 4.22. The van der Waals surface area contributed by atoms with Gasteiger partial charge in [-0.05, 0) is 60.9 Å². The Balaban J connectivity index is 1.88. The molecule has 5 heteroatoms. The van der Waals surface area contributed by atoms with E-state index in [2.05, 4.69) is 34.9 Å². The third kappa shape index (κ3) is 3.56. The minimum absolute atomic E-state index is 0.189. The molecule has 0 aromatic carbocycles. The zero-order valence-electron chi connectivity index (χ0n) is 10.9. The SMILES string of the molecule is CN(C)CC1CCN(C(=O)c2ccc(Br)s2)CC1. The normalized spacial score (nSPS) is 17.4. The number of hydrogen-bond acceptors (Lipinski definition) is 3. The van der Waals surface area contributed by atoms with E-state index in [4.69, 9.17) is 0 Å². The molecule has 0 atom stereocenters. The fourth-order valence-corrected chi connectivity index (χ4v) is 3.77. The Bertz CT molecular complexity index is 411. The Morgan fingerprint density at radius 2 is 2.11 bits per heavy atom. The largest absolute Gasteiger partial charge is 0.338 e. The Morgan fingerprint density at radius 3 is 2.61 bits per heavy atom. The number of hydrogen-bond donors (Lipinski definition) is 0.